The lowest BCUT2D eigenvalue weighted by Crippen LogP contribution is -2.04. The molecule has 0 saturated carbocycles. The Bertz CT molecular complexity index is 663. The van der Waals surface area contributed by atoms with E-state index < -0.39 is 0 Å². The Hall–Kier alpha value is -2.20. The molecule has 4 nitrogen and oxygen atoms in total. The molecule has 4 heteroatoms. The molecule has 1 aromatic carbocycles. The largest absolute Gasteiger partial charge is 0.396 e. The van der Waals surface area contributed by atoms with Crippen LogP contribution in [-0.2, 0) is 0 Å². The van der Waals surface area contributed by atoms with E-state index in [1.54, 1.807) is 6.20 Å². The predicted molar refractivity (Wildman–Crippen MR) is 73.9 cm³/mol. The van der Waals surface area contributed by atoms with Gasteiger partial charge in [-0.2, -0.15) is 5.10 Å². The maximum atomic E-state index is 9.29. The van der Waals surface area contributed by atoms with Crippen LogP contribution in [0, 0.1) is 0 Å². The number of aliphatic hydroxyl groups is 1. The molecule has 0 saturated heterocycles. The van der Waals surface area contributed by atoms with Crippen LogP contribution >= 0.6 is 0 Å². The van der Waals surface area contributed by atoms with Crippen molar-refractivity contribution in [2.45, 2.75) is 12.3 Å². The first-order chi connectivity index (χ1) is 9.38. The quantitative estimate of drug-likeness (QED) is 0.750. The van der Waals surface area contributed by atoms with Gasteiger partial charge in [0.1, 0.15) is 0 Å². The lowest BCUT2D eigenvalue weighted by molar-refractivity contribution is 0.281. The normalized spacial score (nSPS) is 12.7. The van der Waals surface area contributed by atoms with Crippen molar-refractivity contribution < 1.29 is 5.11 Å². The Labute approximate surface area is 111 Å². The standard InChI is InChI=1S/C15H15N3O/c19-7-5-14(12-2-1-6-16-9-12)11-3-4-13-10-17-18-15(13)8-11/h1-4,6,8-10,14,19H,5,7H2,(H,17,18). The molecule has 2 heterocycles. The zero-order chi connectivity index (χ0) is 13.1. The third-order valence-corrected chi connectivity index (χ3v) is 3.37. The minimum Gasteiger partial charge on any atom is -0.396 e. The van der Waals surface area contributed by atoms with Gasteiger partial charge in [-0.3, -0.25) is 10.1 Å². The molecule has 0 bridgehead atoms. The Morgan fingerprint density at radius 2 is 2.11 bits per heavy atom. The number of nitrogens with one attached hydrogen (secondary N) is 1. The molecule has 0 fully saturated rings. The predicted octanol–water partition coefficient (Wildman–Crippen LogP) is 2.47. The van der Waals surface area contributed by atoms with Gasteiger partial charge in [-0.25, -0.2) is 0 Å². The minimum atomic E-state index is 0.153. The number of aliphatic hydroxyl groups excluding tert-OH is 1. The van der Waals surface area contributed by atoms with Gasteiger partial charge in [0.25, 0.3) is 0 Å². The second kappa shape index (κ2) is 5.20. The molecule has 2 aromatic heterocycles. The SMILES string of the molecule is OCCC(c1cccnc1)c1ccc2cn[nH]c2c1. The summed E-state index contributed by atoms with van der Waals surface area (Å²) in [6.07, 6.45) is 6.12. The topological polar surface area (TPSA) is 61.8 Å². The molecule has 0 spiro atoms. The van der Waals surface area contributed by atoms with Crippen molar-refractivity contribution in [1.82, 2.24) is 15.2 Å². The average Bonchev–Trinajstić information content (AvgIpc) is 2.93. The summed E-state index contributed by atoms with van der Waals surface area (Å²) in [4.78, 5) is 4.16. The summed E-state index contributed by atoms with van der Waals surface area (Å²) in [5.41, 5.74) is 3.30. The average molecular weight is 253 g/mol. The van der Waals surface area contributed by atoms with Gasteiger partial charge in [-0.1, -0.05) is 18.2 Å². The molecular weight excluding hydrogens is 238 g/mol. The number of rotatable bonds is 4. The summed E-state index contributed by atoms with van der Waals surface area (Å²) >= 11 is 0. The molecular formula is C15H15N3O. The highest BCUT2D eigenvalue weighted by atomic mass is 16.3. The Kier molecular flexibility index (Phi) is 3.25. The van der Waals surface area contributed by atoms with E-state index in [-0.39, 0.29) is 12.5 Å². The summed E-state index contributed by atoms with van der Waals surface area (Å²) < 4.78 is 0. The summed E-state index contributed by atoms with van der Waals surface area (Å²) in [5, 5.41) is 17.4. The highest BCUT2D eigenvalue weighted by Crippen LogP contribution is 2.29. The monoisotopic (exact) mass is 253 g/mol. The van der Waals surface area contributed by atoms with E-state index >= 15 is 0 Å². The molecule has 0 aliphatic rings. The lowest BCUT2D eigenvalue weighted by atomic mass is 9.89. The summed E-state index contributed by atoms with van der Waals surface area (Å²) in [5.74, 6) is 0.159. The summed E-state index contributed by atoms with van der Waals surface area (Å²) in [6, 6.07) is 10.2. The van der Waals surface area contributed by atoms with Crippen LogP contribution in [0.1, 0.15) is 23.5 Å². The van der Waals surface area contributed by atoms with Gasteiger partial charge in [0, 0.05) is 30.3 Å². The molecule has 19 heavy (non-hydrogen) atoms. The molecule has 1 unspecified atom stereocenters. The van der Waals surface area contributed by atoms with E-state index in [0.29, 0.717) is 6.42 Å². The van der Waals surface area contributed by atoms with Crippen molar-refractivity contribution >= 4 is 10.9 Å². The van der Waals surface area contributed by atoms with E-state index in [1.807, 2.05) is 24.5 Å². The van der Waals surface area contributed by atoms with Crippen LogP contribution < -0.4 is 0 Å². The first kappa shape index (κ1) is 11.9. The van der Waals surface area contributed by atoms with E-state index in [0.717, 1.165) is 16.5 Å². The number of aromatic nitrogens is 3. The second-order valence-electron chi connectivity index (χ2n) is 4.57. The molecule has 96 valence electrons. The zero-order valence-electron chi connectivity index (χ0n) is 10.5. The number of nitrogens with zero attached hydrogens (tertiary/aromatic N) is 2. The highest BCUT2D eigenvalue weighted by molar-refractivity contribution is 5.78. The molecule has 0 aliphatic carbocycles. The first-order valence-electron chi connectivity index (χ1n) is 6.32. The van der Waals surface area contributed by atoms with Gasteiger partial charge in [0.15, 0.2) is 0 Å². The minimum absolute atomic E-state index is 0.153. The van der Waals surface area contributed by atoms with Crippen LogP contribution in [-0.4, -0.2) is 26.9 Å². The van der Waals surface area contributed by atoms with Crippen LogP contribution in [0.3, 0.4) is 0 Å². The van der Waals surface area contributed by atoms with Crippen molar-refractivity contribution in [1.29, 1.82) is 0 Å². The van der Waals surface area contributed by atoms with Gasteiger partial charge >= 0.3 is 0 Å². The first-order valence-corrected chi connectivity index (χ1v) is 6.32. The fraction of sp³-hybridized carbons (Fsp3) is 0.200. The van der Waals surface area contributed by atoms with Crippen molar-refractivity contribution in [3.8, 4) is 0 Å². The summed E-state index contributed by atoms with van der Waals surface area (Å²) in [7, 11) is 0. The summed E-state index contributed by atoms with van der Waals surface area (Å²) in [6.45, 7) is 0.153. The molecule has 0 amide bonds. The van der Waals surface area contributed by atoms with Crippen LogP contribution in [0.25, 0.3) is 10.9 Å². The van der Waals surface area contributed by atoms with E-state index in [1.165, 1.54) is 5.56 Å². The maximum Gasteiger partial charge on any atom is 0.0653 e. The number of H-pyrrole nitrogens is 1. The van der Waals surface area contributed by atoms with Crippen molar-refractivity contribution in [3.63, 3.8) is 0 Å². The molecule has 3 aromatic rings. The second-order valence-corrected chi connectivity index (χ2v) is 4.57. The van der Waals surface area contributed by atoms with Crippen molar-refractivity contribution in [3.05, 3.63) is 60.0 Å². The lowest BCUT2D eigenvalue weighted by Gasteiger charge is -2.16. The molecule has 3 rings (SSSR count). The van der Waals surface area contributed by atoms with Crippen LogP contribution in [0.4, 0.5) is 0 Å². The number of fused-ring (bicyclic) bond motifs is 1. The highest BCUT2D eigenvalue weighted by Gasteiger charge is 2.14. The zero-order valence-corrected chi connectivity index (χ0v) is 10.5. The van der Waals surface area contributed by atoms with Crippen molar-refractivity contribution in [2.24, 2.45) is 0 Å². The molecule has 2 N–H and O–H groups in total. The number of hydrogen-bond acceptors (Lipinski definition) is 3. The van der Waals surface area contributed by atoms with Gasteiger partial charge in [-0.05, 0) is 29.7 Å². The van der Waals surface area contributed by atoms with Gasteiger partial charge in [0.2, 0.25) is 0 Å². The Balaban J connectivity index is 2.03. The number of benzene rings is 1. The Morgan fingerprint density at radius 3 is 2.89 bits per heavy atom. The van der Waals surface area contributed by atoms with Crippen LogP contribution in [0.15, 0.2) is 48.9 Å². The van der Waals surface area contributed by atoms with E-state index in [2.05, 4.69) is 33.4 Å². The molecule has 0 aliphatic heterocycles. The fourth-order valence-corrected chi connectivity index (χ4v) is 2.41. The third-order valence-electron chi connectivity index (χ3n) is 3.37. The van der Waals surface area contributed by atoms with Gasteiger partial charge in [0.05, 0.1) is 11.7 Å². The van der Waals surface area contributed by atoms with Crippen LogP contribution in [0.2, 0.25) is 0 Å². The van der Waals surface area contributed by atoms with Crippen LogP contribution in [0.5, 0.6) is 0 Å². The fourth-order valence-electron chi connectivity index (χ4n) is 2.41. The number of pyridine rings is 1. The molecule has 0 radical (unpaired) electrons. The van der Waals surface area contributed by atoms with Crippen molar-refractivity contribution in [2.75, 3.05) is 6.61 Å². The number of aromatic amines is 1. The smallest absolute Gasteiger partial charge is 0.0653 e. The van der Waals surface area contributed by atoms with E-state index in [9.17, 15) is 5.11 Å². The maximum absolute atomic E-state index is 9.29. The number of hydrogen-bond donors (Lipinski definition) is 2. The Morgan fingerprint density at radius 1 is 1.16 bits per heavy atom. The van der Waals surface area contributed by atoms with Gasteiger partial charge < -0.3 is 5.11 Å². The third kappa shape index (κ3) is 2.35. The molecule has 1 atom stereocenters. The van der Waals surface area contributed by atoms with E-state index in [4.69, 9.17) is 0 Å². The van der Waals surface area contributed by atoms with Gasteiger partial charge in [-0.15, -0.1) is 0 Å².